The molecule has 0 aromatic heterocycles. The fourth-order valence-electron chi connectivity index (χ4n) is 2.43. The van der Waals surface area contributed by atoms with Crippen molar-refractivity contribution in [3.8, 4) is 11.5 Å². The number of para-hydroxylation sites is 1. The molecule has 0 saturated heterocycles. The summed E-state index contributed by atoms with van der Waals surface area (Å²) < 4.78 is 11.9. The molecule has 0 N–H and O–H groups in total. The molecule has 0 saturated carbocycles. The first kappa shape index (κ1) is 18.5. The zero-order valence-corrected chi connectivity index (χ0v) is 15.8. The molecule has 0 bridgehead atoms. The lowest BCUT2D eigenvalue weighted by Gasteiger charge is -2.11. The molecule has 136 valence electrons. The Morgan fingerprint density at radius 3 is 2.22 bits per heavy atom. The second-order valence-corrected chi connectivity index (χ2v) is 6.40. The van der Waals surface area contributed by atoms with E-state index in [0.717, 1.165) is 28.3 Å². The first-order chi connectivity index (χ1) is 13.1. The molecule has 27 heavy (non-hydrogen) atoms. The smallest absolute Gasteiger partial charge is 0.225 e. The maximum atomic E-state index is 6.07. The Morgan fingerprint density at radius 2 is 1.52 bits per heavy atom. The van der Waals surface area contributed by atoms with Crippen LogP contribution in [0.3, 0.4) is 0 Å². The number of aryl methyl sites for hydroxylation is 2. The summed E-state index contributed by atoms with van der Waals surface area (Å²) in [5.41, 5.74) is 3.94. The molecule has 0 unspecified atom stereocenters. The van der Waals surface area contributed by atoms with E-state index < -0.39 is 0 Å². The van der Waals surface area contributed by atoms with Crippen LogP contribution in [-0.4, -0.2) is 5.90 Å². The van der Waals surface area contributed by atoms with Crippen LogP contribution in [0.1, 0.15) is 18.1 Å². The molecular weight excluding hydrogens is 334 g/mol. The minimum atomic E-state index is 0.499. The van der Waals surface area contributed by atoms with E-state index in [1.54, 1.807) is 6.26 Å². The number of aliphatic imine (C=N–C) groups is 1. The summed E-state index contributed by atoms with van der Waals surface area (Å²) in [5.74, 6) is 2.02. The quantitative estimate of drug-likeness (QED) is 0.301. The van der Waals surface area contributed by atoms with Gasteiger partial charge < -0.3 is 9.47 Å². The van der Waals surface area contributed by atoms with E-state index in [2.05, 4.69) is 4.99 Å². The van der Waals surface area contributed by atoms with E-state index in [0.29, 0.717) is 5.90 Å². The highest BCUT2D eigenvalue weighted by Gasteiger charge is 2.08. The lowest BCUT2D eigenvalue weighted by Crippen LogP contribution is -2.11. The van der Waals surface area contributed by atoms with Crippen LogP contribution in [0, 0.1) is 13.8 Å². The van der Waals surface area contributed by atoms with Crippen molar-refractivity contribution >= 4 is 11.6 Å². The van der Waals surface area contributed by atoms with Gasteiger partial charge in [-0.05, 0) is 62.7 Å². The number of benzene rings is 3. The Bertz CT molecular complexity index is 942. The maximum absolute atomic E-state index is 6.07. The van der Waals surface area contributed by atoms with Crippen LogP contribution >= 0.6 is 0 Å². The van der Waals surface area contributed by atoms with Crippen molar-refractivity contribution < 1.29 is 9.47 Å². The Kier molecular flexibility index (Phi) is 6.06. The normalized spacial score (nSPS) is 12.0. The van der Waals surface area contributed by atoms with Gasteiger partial charge in [-0.2, -0.15) is 0 Å². The first-order valence-electron chi connectivity index (χ1n) is 8.89. The highest BCUT2D eigenvalue weighted by molar-refractivity contribution is 5.96. The third kappa shape index (κ3) is 5.58. The van der Waals surface area contributed by atoms with E-state index in [4.69, 9.17) is 9.47 Å². The van der Waals surface area contributed by atoms with Gasteiger partial charge in [-0.3, -0.25) is 0 Å². The molecule has 0 spiro atoms. The molecule has 3 rings (SSSR count). The van der Waals surface area contributed by atoms with Crippen LogP contribution in [0.5, 0.6) is 11.5 Å². The minimum Gasteiger partial charge on any atom is -0.465 e. The van der Waals surface area contributed by atoms with Crippen LogP contribution in [0.15, 0.2) is 95.7 Å². The SMILES string of the molecule is CC(=COc1ccc(C)cc1)/C(=N\c1ccccc1)Oc1cccc(C)c1. The molecule has 0 amide bonds. The average molecular weight is 357 g/mol. The zero-order chi connectivity index (χ0) is 19.1. The summed E-state index contributed by atoms with van der Waals surface area (Å²) in [6.07, 6.45) is 1.67. The van der Waals surface area contributed by atoms with E-state index in [1.807, 2.05) is 99.6 Å². The monoisotopic (exact) mass is 357 g/mol. The van der Waals surface area contributed by atoms with Crippen LogP contribution in [0.2, 0.25) is 0 Å². The van der Waals surface area contributed by atoms with E-state index >= 15 is 0 Å². The Hall–Kier alpha value is -3.33. The molecule has 3 aromatic carbocycles. The highest BCUT2D eigenvalue weighted by atomic mass is 16.5. The van der Waals surface area contributed by atoms with E-state index in [-0.39, 0.29) is 0 Å². The lowest BCUT2D eigenvalue weighted by molar-refractivity contribution is 0.473. The van der Waals surface area contributed by atoms with Crippen LogP contribution in [-0.2, 0) is 0 Å². The Labute approximate surface area is 160 Å². The molecule has 0 aliphatic heterocycles. The predicted molar refractivity (Wildman–Crippen MR) is 111 cm³/mol. The van der Waals surface area contributed by atoms with E-state index in [9.17, 15) is 0 Å². The molecule has 0 atom stereocenters. The average Bonchev–Trinajstić information content (AvgIpc) is 2.68. The van der Waals surface area contributed by atoms with Gasteiger partial charge in [0, 0.05) is 5.57 Å². The molecule has 0 aliphatic rings. The van der Waals surface area contributed by atoms with Crippen molar-refractivity contribution in [2.45, 2.75) is 20.8 Å². The first-order valence-corrected chi connectivity index (χ1v) is 8.89. The summed E-state index contributed by atoms with van der Waals surface area (Å²) in [7, 11) is 0. The molecule has 3 aromatic rings. The number of hydrogen-bond donors (Lipinski definition) is 0. The second kappa shape index (κ2) is 8.86. The molecule has 0 fully saturated rings. The predicted octanol–water partition coefficient (Wildman–Crippen LogP) is 6.40. The summed E-state index contributed by atoms with van der Waals surface area (Å²) in [5, 5.41) is 0. The summed E-state index contributed by atoms with van der Waals surface area (Å²) in [6.45, 7) is 6.00. The summed E-state index contributed by atoms with van der Waals surface area (Å²) in [4.78, 5) is 4.66. The Morgan fingerprint density at radius 1 is 0.778 bits per heavy atom. The second-order valence-electron chi connectivity index (χ2n) is 6.40. The fraction of sp³-hybridized carbons (Fsp3) is 0.125. The van der Waals surface area contributed by atoms with Gasteiger partial charge in [0.2, 0.25) is 5.90 Å². The minimum absolute atomic E-state index is 0.499. The molecule has 3 heteroatoms. The van der Waals surface area contributed by atoms with Crippen molar-refractivity contribution in [1.29, 1.82) is 0 Å². The van der Waals surface area contributed by atoms with Gasteiger partial charge in [-0.1, -0.05) is 48.0 Å². The number of rotatable bonds is 5. The fourth-order valence-corrected chi connectivity index (χ4v) is 2.43. The standard InChI is InChI=1S/C24H23NO2/c1-18-12-14-22(15-13-18)26-17-20(3)24(25-21-9-5-4-6-10-21)27-23-11-7-8-19(2)16-23/h4-17H,1-3H3/b20-17?,25-24+. The van der Waals surface area contributed by atoms with Crippen LogP contribution in [0.25, 0.3) is 0 Å². The van der Waals surface area contributed by atoms with Crippen molar-refractivity contribution in [1.82, 2.24) is 0 Å². The number of hydrogen-bond acceptors (Lipinski definition) is 3. The third-order valence-electron chi connectivity index (χ3n) is 3.92. The third-order valence-corrected chi connectivity index (χ3v) is 3.92. The molecule has 0 aliphatic carbocycles. The van der Waals surface area contributed by atoms with Gasteiger partial charge in [0.05, 0.1) is 11.9 Å². The van der Waals surface area contributed by atoms with Gasteiger partial charge in [0.1, 0.15) is 11.5 Å². The van der Waals surface area contributed by atoms with Crippen molar-refractivity contribution in [2.75, 3.05) is 0 Å². The van der Waals surface area contributed by atoms with Crippen molar-refractivity contribution in [2.24, 2.45) is 4.99 Å². The number of nitrogens with zero attached hydrogens (tertiary/aromatic N) is 1. The number of ether oxygens (including phenoxy) is 2. The van der Waals surface area contributed by atoms with Gasteiger partial charge in [-0.25, -0.2) is 4.99 Å². The molecule has 0 heterocycles. The van der Waals surface area contributed by atoms with Crippen molar-refractivity contribution in [3.05, 3.63) is 102 Å². The topological polar surface area (TPSA) is 30.8 Å². The summed E-state index contributed by atoms with van der Waals surface area (Å²) >= 11 is 0. The molecule has 0 radical (unpaired) electrons. The van der Waals surface area contributed by atoms with Gasteiger partial charge in [0.25, 0.3) is 0 Å². The summed E-state index contributed by atoms with van der Waals surface area (Å²) in [6, 6.07) is 25.5. The van der Waals surface area contributed by atoms with Gasteiger partial charge in [-0.15, -0.1) is 0 Å². The largest absolute Gasteiger partial charge is 0.465 e. The van der Waals surface area contributed by atoms with Gasteiger partial charge in [0.15, 0.2) is 0 Å². The highest BCUT2D eigenvalue weighted by Crippen LogP contribution is 2.19. The Balaban J connectivity index is 1.87. The van der Waals surface area contributed by atoms with Crippen LogP contribution in [0.4, 0.5) is 5.69 Å². The molecular formula is C24H23NO2. The molecule has 3 nitrogen and oxygen atoms in total. The lowest BCUT2D eigenvalue weighted by atomic mass is 10.2. The maximum Gasteiger partial charge on any atom is 0.225 e. The van der Waals surface area contributed by atoms with E-state index in [1.165, 1.54) is 5.56 Å². The zero-order valence-electron chi connectivity index (χ0n) is 15.8. The van der Waals surface area contributed by atoms with Crippen LogP contribution < -0.4 is 9.47 Å². The van der Waals surface area contributed by atoms with Crippen molar-refractivity contribution in [3.63, 3.8) is 0 Å². The van der Waals surface area contributed by atoms with Gasteiger partial charge >= 0.3 is 0 Å².